The van der Waals surface area contributed by atoms with Crippen LogP contribution in [-0.2, 0) is 4.79 Å². The molecule has 0 aliphatic heterocycles. The molecular weight excluding hydrogens is 344 g/mol. The normalized spacial score (nSPS) is 22.4. The van der Waals surface area contributed by atoms with E-state index in [9.17, 15) is 9.90 Å². The average molecular weight is 366 g/mol. The van der Waals surface area contributed by atoms with Crippen LogP contribution in [0.15, 0.2) is 24.1 Å². The van der Waals surface area contributed by atoms with Crippen LogP contribution in [0.4, 0.5) is 5.82 Å². The van der Waals surface area contributed by atoms with Crippen molar-refractivity contribution in [1.29, 1.82) is 0 Å². The maximum absolute atomic E-state index is 10.3. The number of aliphatic hydroxyl groups is 1. The topological polar surface area (TPSA) is 153 Å². The quantitative estimate of drug-likeness (QED) is 0.614. The van der Waals surface area contributed by atoms with Gasteiger partial charge in [0, 0.05) is 5.25 Å². The van der Waals surface area contributed by atoms with Crippen molar-refractivity contribution < 1.29 is 15.0 Å². The van der Waals surface area contributed by atoms with Gasteiger partial charge in [0.05, 0.1) is 25.0 Å². The Morgan fingerprint density at radius 2 is 2.12 bits per heavy atom. The van der Waals surface area contributed by atoms with Gasteiger partial charge in [-0.15, -0.1) is 11.8 Å². The average Bonchev–Trinajstić information content (AvgIpc) is 3.11. The maximum Gasteiger partial charge on any atom is 0.317 e. The molecule has 1 fully saturated rings. The zero-order chi connectivity index (χ0) is 18.6. The first-order chi connectivity index (χ1) is 11.8. The summed E-state index contributed by atoms with van der Waals surface area (Å²) >= 11 is 1.73. The van der Waals surface area contributed by atoms with E-state index < -0.39 is 12.1 Å². The number of hydrogen-bond donors (Lipinski definition) is 4. The monoisotopic (exact) mass is 366 g/mol. The molecule has 2 aromatic heterocycles. The van der Waals surface area contributed by atoms with E-state index in [1.54, 1.807) is 18.1 Å². The second kappa shape index (κ2) is 8.28. The van der Waals surface area contributed by atoms with Crippen LogP contribution in [0.1, 0.15) is 25.8 Å². The zero-order valence-corrected chi connectivity index (χ0v) is 14.7. The van der Waals surface area contributed by atoms with Crippen molar-refractivity contribution in [2.45, 2.75) is 37.2 Å². The van der Waals surface area contributed by atoms with Gasteiger partial charge in [-0.3, -0.25) is 4.79 Å². The number of rotatable bonds is 4. The minimum Gasteiger partial charge on any atom is -0.480 e. The number of aliphatic hydroxyl groups excluding tert-OH is 1. The van der Waals surface area contributed by atoms with Crippen molar-refractivity contribution in [2.75, 3.05) is 12.3 Å². The van der Waals surface area contributed by atoms with E-state index in [1.807, 2.05) is 11.5 Å². The van der Waals surface area contributed by atoms with Crippen molar-refractivity contribution in [1.82, 2.24) is 19.5 Å². The SMILES string of the molecule is C=C(C)SC1CC(O)C(n2cnc3c(N)ncnc32)C1.NCC(=O)O. The molecular formula is C15H22N6O3S. The molecule has 6 N–H and O–H groups in total. The first-order valence-electron chi connectivity index (χ1n) is 7.68. The van der Waals surface area contributed by atoms with Crippen LogP contribution in [0.25, 0.3) is 11.2 Å². The third-order valence-electron chi connectivity index (χ3n) is 3.74. The largest absolute Gasteiger partial charge is 0.480 e. The van der Waals surface area contributed by atoms with Crippen molar-refractivity contribution in [3.8, 4) is 0 Å². The van der Waals surface area contributed by atoms with E-state index in [2.05, 4.69) is 27.3 Å². The van der Waals surface area contributed by atoms with Crippen LogP contribution in [0.5, 0.6) is 0 Å². The van der Waals surface area contributed by atoms with Crippen molar-refractivity contribution in [3.05, 3.63) is 24.1 Å². The van der Waals surface area contributed by atoms with Crippen LogP contribution >= 0.6 is 11.8 Å². The van der Waals surface area contributed by atoms with Gasteiger partial charge in [-0.05, 0) is 24.7 Å². The molecule has 3 unspecified atom stereocenters. The summed E-state index contributed by atoms with van der Waals surface area (Å²) in [6, 6.07) is -0.0221. The molecule has 0 radical (unpaired) electrons. The van der Waals surface area contributed by atoms with Gasteiger partial charge in [-0.25, -0.2) is 15.0 Å². The molecule has 9 nitrogen and oxygen atoms in total. The number of anilines is 1. The molecule has 0 spiro atoms. The Hall–Kier alpha value is -2.17. The molecule has 2 aromatic rings. The Bertz CT molecular complexity index is 765. The van der Waals surface area contributed by atoms with Crippen LogP contribution in [-0.4, -0.2) is 53.6 Å². The number of imidazole rings is 1. The fraction of sp³-hybridized carbons (Fsp3) is 0.467. The minimum absolute atomic E-state index is 0.0221. The van der Waals surface area contributed by atoms with Gasteiger partial charge in [-0.2, -0.15) is 0 Å². The number of carboxylic acids is 1. The van der Waals surface area contributed by atoms with Gasteiger partial charge >= 0.3 is 5.97 Å². The third kappa shape index (κ3) is 4.68. The molecule has 0 amide bonds. The second-order valence-corrected chi connectivity index (χ2v) is 7.33. The lowest BCUT2D eigenvalue weighted by molar-refractivity contribution is -0.135. The summed E-state index contributed by atoms with van der Waals surface area (Å²) in [5.41, 5.74) is 11.6. The fourth-order valence-electron chi connectivity index (χ4n) is 2.74. The lowest BCUT2D eigenvalue weighted by Gasteiger charge is -2.16. The molecule has 3 atom stereocenters. The first-order valence-corrected chi connectivity index (χ1v) is 8.56. The van der Waals surface area contributed by atoms with E-state index in [0.717, 1.165) is 17.7 Å². The van der Waals surface area contributed by atoms with Gasteiger partial charge in [0.2, 0.25) is 0 Å². The standard InChI is InChI=1S/C13H17N5OS.C2H5NO2/c1-7(2)20-8-3-9(10(19)4-8)18-6-17-11-12(14)15-5-16-13(11)18;3-1-2(4)5/h5-6,8-10,19H,1,3-4H2,2H3,(H2,14,15,16);1,3H2,(H,4,5). The van der Waals surface area contributed by atoms with Gasteiger partial charge in [0.15, 0.2) is 11.5 Å². The lowest BCUT2D eigenvalue weighted by atomic mass is 10.2. The molecule has 0 saturated heterocycles. The van der Waals surface area contributed by atoms with Crippen molar-refractivity contribution >= 4 is 34.7 Å². The molecule has 1 saturated carbocycles. The number of allylic oxidation sites excluding steroid dienone is 1. The molecule has 136 valence electrons. The molecule has 1 aliphatic carbocycles. The molecule has 2 heterocycles. The number of nitrogens with zero attached hydrogens (tertiary/aromatic N) is 4. The third-order valence-corrected chi connectivity index (χ3v) is 4.86. The molecule has 3 rings (SSSR count). The summed E-state index contributed by atoms with van der Waals surface area (Å²) in [5, 5.41) is 18.3. The Morgan fingerprint density at radius 3 is 2.72 bits per heavy atom. The molecule has 0 aromatic carbocycles. The molecule has 10 heteroatoms. The predicted molar refractivity (Wildman–Crippen MR) is 96.9 cm³/mol. The number of aromatic nitrogens is 4. The van der Waals surface area contributed by atoms with Crippen LogP contribution in [0.2, 0.25) is 0 Å². The summed E-state index contributed by atoms with van der Waals surface area (Å²) in [7, 11) is 0. The van der Waals surface area contributed by atoms with Gasteiger partial charge in [-0.1, -0.05) is 6.58 Å². The molecule has 1 aliphatic rings. The van der Waals surface area contributed by atoms with Crippen molar-refractivity contribution in [2.24, 2.45) is 5.73 Å². The molecule has 0 bridgehead atoms. The Balaban J connectivity index is 0.000000399. The van der Waals surface area contributed by atoms with E-state index >= 15 is 0 Å². The highest BCUT2D eigenvalue weighted by Gasteiger charge is 2.35. The maximum atomic E-state index is 10.3. The zero-order valence-electron chi connectivity index (χ0n) is 13.9. The predicted octanol–water partition coefficient (Wildman–Crippen LogP) is 0.769. The Morgan fingerprint density at radius 1 is 1.44 bits per heavy atom. The summed E-state index contributed by atoms with van der Waals surface area (Å²) in [5.74, 6) is -0.598. The summed E-state index contributed by atoms with van der Waals surface area (Å²) < 4.78 is 1.91. The minimum atomic E-state index is -0.968. The van der Waals surface area contributed by atoms with Gasteiger partial charge < -0.3 is 26.2 Å². The number of thioether (sulfide) groups is 1. The van der Waals surface area contributed by atoms with E-state index in [-0.39, 0.29) is 12.6 Å². The summed E-state index contributed by atoms with van der Waals surface area (Å²) in [4.78, 5) is 22.8. The second-order valence-electron chi connectivity index (χ2n) is 5.73. The number of carboxylic acid groups (broad SMARTS) is 1. The van der Waals surface area contributed by atoms with Crippen molar-refractivity contribution in [3.63, 3.8) is 0 Å². The van der Waals surface area contributed by atoms with Crippen LogP contribution < -0.4 is 11.5 Å². The van der Waals surface area contributed by atoms with E-state index in [0.29, 0.717) is 22.2 Å². The number of nitrogen functional groups attached to an aromatic ring is 1. The number of aliphatic carboxylic acids is 1. The first kappa shape index (κ1) is 19.2. The lowest BCUT2D eigenvalue weighted by Crippen LogP contribution is -2.17. The number of nitrogens with two attached hydrogens (primary N) is 2. The number of fused-ring (bicyclic) bond motifs is 1. The highest BCUT2D eigenvalue weighted by molar-refractivity contribution is 8.03. The van der Waals surface area contributed by atoms with E-state index in [4.69, 9.17) is 10.8 Å². The number of hydrogen-bond acceptors (Lipinski definition) is 8. The van der Waals surface area contributed by atoms with Gasteiger partial charge in [0.1, 0.15) is 11.8 Å². The van der Waals surface area contributed by atoms with Crippen LogP contribution in [0.3, 0.4) is 0 Å². The summed E-state index contributed by atoms with van der Waals surface area (Å²) in [6.07, 6.45) is 4.34. The number of carbonyl (C=O) groups is 1. The smallest absolute Gasteiger partial charge is 0.317 e. The Labute approximate surface area is 149 Å². The highest BCUT2D eigenvalue weighted by Crippen LogP contribution is 2.40. The van der Waals surface area contributed by atoms with E-state index in [1.165, 1.54) is 6.33 Å². The van der Waals surface area contributed by atoms with Gasteiger partial charge in [0.25, 0.3) is 0 Å². The summed E-state index contributed by atoms with van der Waals surface area (Å²) in [6.45, 7) is 5.63. The Kier molecular flexibility index (Phi) is 6.34. The molecule has 25 heavy (non-hydrogen) atoms. The fourth-order valence-corrected chi connectivity index (χ4v) is 3.90. The van der Waals surface area contributed by atoms with Crippen LogP contribution in [0, 0.1) is 0 Å². The highest BCUT2D eigenvalue weighted by atomic mass is 32.2.